The molecule has 1 atom stereocenters. The number of pyridine rings is 1. The van der Waals surface area contributed by atoms with Crippen molar-refractivity contribution in [2.75, 3.05) is 7.05 Å². The Balaban J connectivity index is 1.93. The van der Waals surface area contributed by atoms with Crippen LogP contribution in [0.5, 0.6) is 0 Å². The van der Waals surface area contributed by atoms with Crippen LogP contribution in [0.3, 0.4) is 0 Å². The van der Waals surface area contributed by atoms with Gasteiger partial charge in [-0.15, -0.1) is 0 Å². The van der Waals surface area contributed by atoms with Crippen LogP contribution in [0.25, 0.3) is 0 Å². The number of hydrogen-bond acceptors (Lipinski definition) is 2. The van der Waals surface area contributed by atoms with Crippen molar-refractivity contribution in [2.45, 2.75) is 25.3 Å². The van der Waals surface area contributed by atoms with E-state index in [1.807, 2.05) is 19.3 Å². The molecule has 4 heteroatoms. The van der Waals surface area contributed by atoms with Crippen molar-refractivity contribution in [1.29, 1.82) is 0 Å². The molecule has 0 bridgehead atoms. The maximum absolute atomic E-state index is 13.1. The van der Waals surface area contributed by atoms with Crippen molar-refractivity contribution in [2.24, 2.45) is 0 Å². The fraction of sp³-hybridized carbons (Fsp3) is 0.312. The zero-order valence-electron chi connectivity index (χ0n) is 11.4. The third-order valence-corrected chi connectivity index (χ3v) is 3.67. The normalized spacial score (nSPS) is 12.3. The van der Waals surface area contributed by atoms with Gasteiger partial charge < -0.3 is 5.32 Å². The summed E-state index contributed by atoms with van der Waals surface area (Å²) < 4.78 is 13.1. The topological polar surface area (TPSA) is 24.9 Å². The number of hydrogen-bond donors (Lipinski definition) is 1. The Morgan fingerprint density at radius 3 is 2.80 bits per heavy atom. The van der Waals surface area contributed by atoms with E-state index < -0.39 is 0 Å². The maximum atomic E-state index is 13.1. The van der Waals surface area contributed by atoms with E-state index in [2.05, 4.69) is 16.4 Å². The van der Waals surface area contributed by atoms with Crippen LogP contribution in [0, 0.1) is 5.82 Å². The van der Waals surface area contributed by atoms with Gasteiger partial charge in [-0.1, -0.05) is 23.7 Å². The largest absolute Gasteiger partial charge is 0.317 e. The van der Waals surface area contributed by atoms with Crippen LogP contribution >= 0.6 is 11.6 Å². The molecular formula is C16H18ClFN2. The molecule has 1 aromatic heterocycles. The van der Waals surface area contributed by atoms with E-state index in [9.17, 15) is 4.39 Å². The Morgan fingerprint density at radius 1 is 1.30 bits per heavy atom. The molecule has 0 aliphatic rings. The zero-order valence-corrected chi connectivity index (χ0v) is 12.2. The molecule has 0 aliphatic heterocycles. The highest BCUT2D eigenvalue weighted by atomic mass is 35.5. The molecule has 0 spiro atoms. The summed E-state index contributed by atoms with van der Waals surface area (Å²) in [6.45, 7) is 0. The maximum Gasteiger partial charge on any atom is 0.141 e. The lowest BCUT2D eigenvalue weighted by Gasteiger charge is -2.16. The molecule has 20 heavy (non-hydrogen) atoms. The lowest BCUT2D eigenvalue weighted by atomic mass is 10.00. The van der Waals surface area contributed by atoms with E-state index in [-0.39, 0.29) is 10.8 Å². The Bertz CT molecular complexity index is 545. The van der Waals surface area contributed by atoms with Crippen LogP contribution in [0.1, 0.15) is 17.5 Å². The first-order valence-corrected chi connectivity index (χ1v) is 7.07. The summed E-state index contributed by atoms with van der Waals surface area (Å²) in [5.41, 5.74) is 2.27. The lowest BCUT2D eigenvalue weighted by molar-refractivity contribution is 0.519. The molecule has 106 valence electrons. The number of aryl methyl sites for hydroxylation is 1. The first-order chi connectivity index (χ1) is 9.69. The molecule has 1 N–H and O–H groups in total. The lowest BCUT2D eigenvalue weighted by Crippen LogP contribution is -2.28. The van der Waals surface area contributed by atoms with Gasteiger partial charge in [-0.05, 0) is 55.6 Å². The minimum absolute atomic E-state index is 0.185. The first kappa shape index (κ1) is 14.9. The molecule has 2 rings (SSSR count). The number of rotatable bonds is 6. The molecule has 0 aliphatic carbocycles. The van der Waals surface area contributed by atoms with Crippen molar-refractivity contribution in [3.8, 4) is 0 Å². The van der Waals surface area contributed by atoms with Gasteiger partial charge >= 0.3 is 0 Å². The summed E-state index contributed by atoms with van der Waals surface area (Å²) in [5.74, 6) is -0.369. The fourth-order valence-corrected chi connectivity index (χ4v) is 2.39. The Labute approximate surface area is 124 Å². The first-order valence-electron chi connectivity index (χ1n) is 6.69. The van der Waals surface area contributed by atoms with E-state index in [1.54, 1.807) is 18.3 Å². The summed E-state index contributed by atoms with van der Waals surface area (Å²) in [6, 6.07) is 9.27. The zero-order chi connectivity index (χ0) is 14.4. The fourth-order valence-electron chi connectivity index (χ4n) is 2.19. The van der Waals surface area contributed by atoms with Crippen LogP contribution < -0.4 is 5.32 Å². The SMILES string of the molecule is CNC(CCc1cccnc1)Cc1ccc(F)c(Cl)c1. The molecule has 0 saturated heterocycles. The standard InChI is InChI=1S/C16H18ClFN2/c1-19-14(6-4-12-3-2-8-20-11-12)9-13-5-7-16(18)15(17)10-13/h2-3,5,7-8,10-11,14,19H,4,6,9H2,1H3. The second kappa shape index (κ2) is 7.36. The van der Waals surface area contributed by atoms with Crippen molar-refractivity contribution >= 4 is 11.6 Å². The average Bonchev–Trinajstić information content (AvgIpc) is 2.48. The van der Waals surface area contributed by atoms with Crippen LogP contribution in [-0.4, -0.2) is 18.1 Å². The highest BCUT2D eigenvalue weighted by Crippen LogP contribution is 2.18. The van der Waals surface area contributed by atoms with Crippen LogP contribution in [0.4, 0.5) is 4.39 Å². The molecule has 2 aromatic rings. The number of halogens is 2. The van der Waals surface area contributed by atoms with Gasteiger partial charge in [0.2, 0.25) is 0 Å². The highest BCUT2D eigenvalue weighted by Gasteiger charge is 2.09. The summed E-state index contributed by atoms with van der Waals surface area (Å²) in [6.07, 6.45) is 6.46. The molecule has 0 radical (unpaired) electrons. The van der Waals surface area contributed by atoms with E-state index >= 15 is 0 Å². The predicted molar refractivity (Wildman–Crippen MR) is 80.5 cm³/mol. The van der Waals surface area contributed by atoms with Crippen LogP contribution in [-0.2, 0) is 12.8 Å². The number of likely N-dealkylation sites (N-methyl/N-ethyl adjacent to an activating group) is 1. The van der Waals surface area contributed by atoms with E-state index in [1.165, 1.54) is 11.6 Å². The van der Waals surface area contributed by atoms with Gasteiger partial charge in [-0.25, -0.2) is 4.39 Å². The minimum Gasteiger partial charge on any atom is -0.317 e. The van der Waals surface area contributed by atoms with Crippen molar-refractivity contribution in [3.63, 3.8) is 0 Å². The molecule has 1 aromatic carbocycles. The number of aromatic nitrogens is 1. The van der Waals surface area contributed by atoms with Crippen LogP contribution in [0.15, 0.2) is 42.7 Å². The molecule has 1 unspecified atom stereocenters. The van der Waals surface area contributed by atoms with Crippen LogP contribution in [0.2, 0.25) is 5.02 Å². The molecule has 0 amide bonds. The van der Waals surface area contributed by atoms with E-state index in [4.69, 9.17) is 11.6 Å². The third kappa shape index (κ3) is 4.29. The van der Waals surface area contributed by atoms with Crippen molar-refractivity contribution in [3.05, 3.63) is 64.7 Å². The highest BCUT2D eigenvalue weighted by molar-refractivity contribution is 6.30. The second-order valence-electron chi connectivity index (χ2n) is 4.84. The van der Waals surface area contributed by atoms with Crippen molar-refractivity contribution in [1.82, 2.24) is 10.3 Å². The summed E-state index contributed by atoms with van der Waals surface area (Å²) in [5, 5.41) is 3.48. The van der Waals surface area contributed by atoms with E-state index in [0.717, 1.165) is 24.8 Å². The number of nitrogens with zero attached hydrogens (tertiary/aromatic N) is 1. The van der Waals surface area contributed by atoms with Gasteiger partial charge in [0.1, 0.15) is 5.82 Å². The summed E-state index contributed by atoms with van der Waals surface area (Å²) in [7, 11) is 1.94. The summed E-state index contributed by atoms with van der Waals surface area (Å²) >= 11 is 5.81. The van der Waals surface area contributed by atoms with Gasteiger partial charge in [0.25, 0.3) is 0 Å². The van der Waals surface area contributed by atoms with Gasteiger partial charge in [-0.3, -0.25) is 4.98 Å². The molecule has 0 saturated carbocycles. The average molecular weight is 293 g/mol. The minimum atomic E-state index is -0.369. The number of nitrogens with one attached hydrogen (secondary N) is 1. The van der Waals surface area contributed by atoms with Crippen molar-refractivity contribution < 1.29 is 4.39 Å². The summed E-state index contributed by atoms with van der Waals surface area (Å²) in [4.78, 5) is 4.11. The monoisotopic (exact) mass is 292 g/mol. The molecular weight excluding hydrogens is 275 g/mol. The Kier molecular flexibility index (Phi) is 5.50. The molecule has 1 heterocycles. The second-order valence-corrected chi connectivity index (χ2v) is 5.25. The molecule has 2 nitrogen and oxygen atoms in total. The van der Waals surface area contributed by atoms with Gasteiger partial charge in [-0.2, -0.15) is 0 Å². The Hall–Kier alpha value is -1.45. The quantitative estimate of drug-likeness (QED) is 0.879. The molecule has 0 fully saturated rings. The van der Waals surface area contributed by atoms with Gasteiger partial charge in [0.05, 0.1) is 5.02 Å². The van der Waals surface area contributed by atoms with Gasteiger partial charge in [0, 0.05) is 18.4 Å². The predicted octanol–water partition coefficient (Wildman–Crippen LogP) is 3.64. The smallest absolute Gasteiger partial charge is 0.141 e. The van der Waals surface area contributed by atoms with E-state index in [0.29, 0.717) is 6.04 Å². The van der Waals surface area contributed by atoms with Gasteiger partial charge in [0.15, 0.2) is 0 Å². The Morgan fingerprint density at radius 2 is 2.15 bits per heavy atom. The number of benzene rings is 1. The third-order valence-electron chi connectivity index (χ3n) is 3.38.